The van der Waals surface area contributed by atoms with Crippen LogP contribution in [0.2, 0.25) is 0 Å². The molecule has 0 unspecified atom stereocenters. The van der Waals surface area contributed by atoms with Crippen molar-refractivity contribution in [3.8, 4) is 0 Å². The van der Waals surface area contributed by atoms with Crippen molar-refractivity contribution in [2.75, 3.05) is 12.4 Å². The van der Waals surface area contributed by atoms with E-state index in [1.807, 2.05) is 96.4 Å². The molecule has 4 aromatic rings. The lowest BCUT2D eigenvalue weighted by Crippen LogP contribution is -2.70. The molecule has 2 N–H and O–H groups in total. The monoisotopic (exact) mass is 627 g/mol. The number of nitrogens with one attached hydrogen (secondary N) is 1. The van der Waals surface area contributed by atoms with Crippen LogP contribution in [-0.4, -0.2) is 55.6 Å². The van der Waals surface area contributed by atoms with Crippen molar-refractivity contribution in [3.63, 3.8) is 0 Å². The summed E-state index contributed by atoms with van der Waals surface area (Å²) in [6.45, 7) is -0.00176. The number of aliphatic hydroxyl groups is 1. The summed E-state index contributed by atoms with van der Waals surface area (Å²) in [6, 6.07) is 28.5. The quantitative estimate of drug-likeness (QED) is 0.185. The van der Waals surface area contributed by atoms with Crippen molar-refractivity contribution in [2.24, 2.45) is 0 Å². The summed E-state index contributed by atoms with van der Waals surface area (Å²) >= 11 is 9.00. The molecule has 0 spiro atoms. The van der Waals surface area contributed by atoms with Gasteiger partial charge in [-0.1, -0.05) is 91.0 Å². The maximum absolute atomic E-state index is 13.7. The van der Waals surface area contributed by atoms with E-state index in [2.05, 4.69) is 5.32 Å². The summed E-state index contributed by atoms with van der Waals surface area (Å²) in [5.74, 6) is 0.0908. The summed E-state index contributed by atoms with van der Waals surface area (Å²) in [5, 5.41) is 14.9. The fraction of sp³-hybridized carbons (Fsp3) is 0.212. The number of amides is 2. The molecule has 1 saturated heterocycles. The number of thiocarbonyl (C=S) groups is 1. The molecule has 0 aliphatic carbocycles. The van der Waals surface area contributed by atoms with Crippen LogP contribution in [0.1, 0.15) is 33.5 Å². The number of thioether (sulfide) groups is 1. The largest absolute Gasteiger partial charge is 0.469 e. The Morgan fingerprint density at radius 2 is 1.65 bits per heavy atom. The molecule has 218 valence electrons. The molecular weight excluding hydrogens is 599 g/mol. The predicted molar refractivity (Wildman–Crippen MR) is 173 cm³/mol. The van der Waals surface area contributed by atoms with Gasteiger partial charge in [-0.05, 0) is 28.9 Å². The molecule has 3 heterocycles. The van der Waals surface area contributed by atoms with Crippen LogP contribution < -0.4 is 5.32 Å². The Kier molecular flexibility index (Phi) is 8.99. The molecule has 2 aliphatic rings. The zero-order valence-corrected chi connectivity index (χ0v) is 25.5. The average Bonchev–Trinajstić information content (AvgIpc) is 3.51. The van der Waals surface area contributed by atoms with Crippen LogP contribution in [-0.2, 0) is 27.2 Å². The van der Waals surface area contributed by atoms with Gasteiger partial charge in [0.25, 0.3) is 5.91 Å². The van der Waals surface area contributed by atoms with Crippen LogP contribution in [0.3, 0.4) is 0 Å². The smallest absolute Gasteiger partial charge is 0.253 e. The number of benzene rings is 3. The van der Waals surface area contributed by atoms with Gasteiger partial charge in [0.1, 0.15) is 28.2 Å². The number of ether oxygens (including phenoxy) is 1. The SMILES string of the molecule is O=C(Cc1ccccc1)N[C@@H]1C(=O)N2C(C(=S)OC(c3ccccc3)c3ccccc3)=C(c3nc(CCO)cs3)CS[C@H]12. The number of aromatic nitrogens is 1. The predicted octanol–water partition coefficient (Wildman–Crippen LogP) is 5.17. The van der Waals surface area contributed by atoms with Crippen molar-refractivity contribution in [3.05, 3.63) is 129 Å². The molecule has 0 radical (unpaired) electrons. The molecule has 10 heteroatoms. The molecule has 2 atom stereocenters. The second kappa shape index (κ2) is 13.2. The number of carbonyl (C=O) groups is 2. The Hall–Kier alpha value is -3.83. The maximum Gasteiger partial charge on any atom is 0.253 e. The molecule has 1 aromatic heterocycles. The lowest BCUT2D eigenvalue weighted by molar-refractivity contribution is -0.145. The van der Waals surface area contributed by atoms with Crippen molar-refractivity contribution in [1.82, 2.24) is 15.2 Å². The van der Waals surface area contributed by atoms with E-state index in [-0.39, 0.29) is 35.3 Å². The second-order valence-electron chi connectivity index (χ2n) is 10.2. The number of fused-ring (bicyclic) bond motifs is 1. The van der Waals surface area contributed by atoms with Gasteiger partial charge in [0, 0.05) is 29.7 Å². The number of β-lactam (4-membered cyclic amide) rings is 1. The van der Waals surface area contributed by atoms with Gasteiger partial charge in [-0.3, -0.25) is 14.5 Å². The molecule has 2 aliphatic heterocycles. The lowest BCUT2D eigenvalue weighted by atomic mass is 10.0. The molecule has 2 amide bonds. The van der Waals surface area contributed by atoms with Crippen LogP contribution >= 0.6 is 35.3 Å². The third-order valence-electron chi connectivity index (χ3n) is 7.29. The van der Waals surface area contributed by atoms with E-state index in [1.54, 1.807) is 16.7 Å². The van der Waals surface area contributed by atoms with Gasteiger partial charge in [-0.25, -0.2) is 4.98 Å². The highest BCUT2D eigenvalue weighted by atomic mass is 32.2. The number of hydrogen-bond donors (Lipinski definition) is 2. The van der Waals surface area contributed by atoms with Crippen LogP contribution in [0.25, 0.3) is 5.57 Å². The summed E-state index contributed by atoms with van der Waals surface area (Å²) in [6.07, 6.45) is 0.147. The van der Waals surface area contributed by atoms with E-state index in [0.29, 0.717) is 17.9 Å². The fourth-order valence-electron chi connectivity index (χ4n) is 5.20. The topological polar surface area (TPSA) is 91.8 Å². The van der Waals surface area contributed by atoms with Gasteiger partial charge in [-0.15, -0.1) is 23.1 Å². The number of hydrogen-bond acceptors (Lipinski definition) is 8. The van der Waals surface area contributed by atoms with Gasteiger partial charge in [0.2, 0.25) is 11.0 Å². The van der Waals surface area contributed by atoms with Gasteiger partial charge in [0.15, 0.2) is 0 Å². The lowest BCUT2D eigenvalue weighted by Gasteiger charge is -2.50. The van der Waals surface area contributed by atoms with E-state index < -0.39 is 12.1 Å². The highest BCUT2D eigenvalue weighted by Gasteiger charge is 2.54. The third-order valence-corrected chi connectivity index (χ3v) is 9.81. The highest BCUT2D eigenvalue weighted by Crippen LogP contribution is 2.45. The summed E-state index contributed by atoms with van der Waals surface area (Å²) in [4.78, 5) is 33.0. The van der Waals surface area contributed by atoms with Gasteiger partial charge >= 0.3 is 0 Å². The summed E-state index contributed by atoms with van der Waals surface area (Å²) in [7, 11) is 0. The number of thiazole rings is 1. The van der Waals surface area contributed by atoms with Crippen molar-refractivity contribution < 1.29 is 19.4 Å². The van der Waals surface area contributed by atoms with Gasteiger partial charge in [-0.2, -0.15) is 0 Å². The van der Waals surface area contributed by atoms with E-state index >= 15 is 0 Å². The number of rotatable bonds is 10. The zero-order chi connectivity index (χ0) is 29.8. The Labute approximate surface area is 263 Å². The molecule has 7 nitrogen and oxygen atoms in total. The highest BCUT2D eigenvalue weighted by molar-refractivity contribution is 8.00. The van der Waals surface area contributed by atoms with Crippen LogP contribution in [0.5, 0.6) is 0 Å². The number of carbonyl (C=O) groups excluding carboxylic acids is 2. The molecule has 0 saturated carbocycles. The first kappa shape index (κ1) is 29.3. The van der Waals surface area contributed by atoms with Gasteiger partial charge < -0.3 is 15.2 Å². The Bertz CT molecular complexity index is 1600. The Morgan fingerprint density at radius 1 is 1.02 bits per heavy atom. The Morgan fingerprint density at radius 3 is 2.28 bits per heavy atom. The second-order valence-corrected chi connectivity index (χ2v) is 12.5. The molecule has 1 fully saturated rings. The first-order chi connectivity index (χ1) is 21.0. The molecular formula is C33H29N3O4S3. The van der Waals surface area contributed by atoms with Crippen LogP contribution in [0.4, 0.5) is 0 Å². The summed E-state index contributed by atoms with van der Waals surface area (Å²) < 4.78 is 6.58. The standard InChI is InChI=1S/C33H29N3O4S3/c37-17-16-24-19-42-30(34-24)25-20-43-32-27(35-26(38)18-21-10-4-1-5-11-21)31(39)36(32)28(25)33(41)40-29(22-12-6-2-7-13-22)23-14-8-3-9-15-23/h1-15,19,27,29,32,37H,16-18,20H2,(H,35,38)/t27-,32-/m1/s1. The number of aliphatic hydroxyl groups excluding tert-OH is 1. The first-order valence-corrected chi connectivity index (χ1v) is 16.2. The van der Waals surface area contributed by atoms with Crippen molar-refractivity contribution >= 4 is 57.8 Å². The van der Waals surface area contributed by atoms with Crippen molar-refractivity contribution in [2.45, 2.75) is 30.4 Å². The Balaban J connectivity index is 1.31. The van der Waals surface area contributed by atoms with Gasteiger partial charge in [0.05, 0.1) is 12.1 Å². The van der Waals surface area contributed by atoms with E-state index in [4.69, 9.17) is 21.9 Å². The van der Waals surface area contributed by atoms with Crippen molar-refractivity contribution in [1.29, 1.82) is 0 Å². The minimum absolute atomic E-state index is 0.00176. The molecule has 3 aromatic carbocycles. The van der Waals surface area contributed by atoms with Crippen LogP contribution in [0, 0.1) is 0 Å². The van der Waals surface area contributed by atoms with E-state index in [0.717, 1.165) is 33.0 Å². The summed E-state index contributed by atoms with van der Waals surface area (Å²) in [5.41, 5.74) is 4.84. The van der Waals surface area contributed by atoms with E-state index in [9.17, 15) is 14.7 Å². The van der Waals surface area contributed by atoms with E-state index in [1.165, 1.54) is 11.3 Å². The van der Waals surface area contributed by atoms with Crippen LogP contribution in [0.15, 0.2) is 102 Å². The third kappa shape index (κ3) is 6.28. The fourth-order valence-corrected chi connectivity index (χ4v) is 7.85. The minimum atomic E-state index is -0.666. The number of nitrogens with zero attached hydrogens (tertiary/aromatic N) is 2. The molecule has 0 bridgehead atoms. The minimum Gasteiger partial charge on any atom is -0.469 e. The maximum atomic E-state index is 13.7. The molecule has 43 heavy (non-hydrogen) atoms. The normalized spacial score (nSPS) is 17.8. The first-order valence-electron chi connectivity index (χ1n) is 13.9. The average molecular weight is 628 g/mol. The molecule has 6 rings (SSSR count). The zero-order valence-electron chi connectivity index (χ0n) is 23.1.